The van der Waals surface area contributed by atoms with E-state index in [1.54, 1.807) is 0 Å². The maximum Gasteiger partial charge on any atom is 0.0701 e. The second-order valence-corrected chi connectivity index (χ2v) is 7.08. The molecular weight excluding hydrogens is 367 g/mol. The minimum Gasteiger partial charge on any atom is -0.314 e. The van der Waals surface area contributed by atoms with Gasteiger partial charge in [-0.3, -0.25) is 4.90 Å². The Morgan fingerprint density at radius 1 is 1.32 bits per heavy atom. The highest BCUT2D eigenvalue weighted by atomic mass is 79.9. The number of nitrogens with zero attached hydrogens (tertiary/aromatic N) is 1. The topological polar surface area (TPSA) is 15.3 Å². The van der Waals surface area contributed by atoms with Crippen molar-refractivity contribution < 1.29 is 0 Å². The zero-order valence-electron chi connectivity index (χ0n) is 11.2. The van der Waals surface area contributed by atoms with Gasteiger partial charge in [-0.2, -0.15) is 0 Å². The van der Waals surface area contributed by atoms with Gasteiger partial charge in [0.2, 0.25) is 0 Å². The first-order chi connectivity index (χ1) is 8.31. The first kappa shape index (κ1) is 19.7. The van der Waals surface area contributed by atoms with Crippen LogP contribution in [-0.4, -0.2) is 31.1 Å². The van der Waals surface area contributed by atoms with Gasteiger partial charge in [0.1, 0.15) is 0 Å². The summed E-state index contributed by atoms with van der Waals surface area (Å²) in [5.74, 6) is 0. The molecule has 19 heavy (non-hydrogen) atoms. The monoisotopic (exact) mass is 388 g/mol. The summed E-state index contributed by atoms with van der Waals surface area (Å²) in [6, 6.07) is 5.10. The molecule has 1 atom stereocenters. The van der Waals surface area contributed by atoms with E-state index in [1.807, 2.05) is 11.3 Å². The molecule has 1 aromatic rings. The number of hydrogen-bond donors (Lipinski definition) is 1. The Kier molecular flexibility index (Phi) is 10.8. The van der Waals surface area contributed by atoms with Gasteiger partial charge in [-0.15, -0.1) is 36.2 Å². The number of unbranched alkanes of at least 4 members (excludes halogenated alkanes) is 1. The first-order valence-corrected chi connectivity index (χ1v) is 8.12. The van der Waals surface area contributed by atoms with E-state index in [0.717, 1.165) is 13.1 Å². The largest absolute Gasteiger partial charge is 0.314 e. The molecule has 0 unspecified atom stereocenters. The Hall–Kier alpha value is 0.680. The van der Waals surface area contributed by atoms with Gasteiger partial charge in [0.05, 0.1) is 3.79 Å². The molecule has 0 spiro atoms. The Balaban J connectivity index is 0.00000162. The fraction of sp³-hybridized carbons (Fsp3) is 0.692. The van der Waals surface area contributed by atoms with Gasteiger partial charge in [-0.05, 0) is 34.5 Å². The SMILES string of the molecule is CCCC[C@H](c1ccc(Br)s1)N1CCNCC1.Cl.Cl. The number of thiophene rings is 1. The van der Waals surface area contributed by atoms with Crippen LogP contribution in [0.4, 0.5) is 0 Å². The number of hydrogen-bond acceptors (Lipinski definition) is 3. The van der Waals surface area contributed by atoms with E-state index < -0.39 is 0 Å². The van der Waals surface area contributed by atoms with E-state index in [4.69, 9.17) is 0 Å². The van der Waals surface area contributed by atoms with Gasteiger partial charge in [0.15, 0.2) is 0 Å². The predicted octanol–water partition coefficient (Wildman–Crippen LogP) is 4.49. The lowest BCUT2D eigenvalue weighted by Gasteiger charge is -2.34. The molecule has 1 saturated heterocycles. The van der Waals surface area contributed by atoms with Crippen molar-refractivity contribution >= 4 is 52.1 Å². The third-order valence-corrected chi connectivity index (χ3v) is 5.07. The van der Waals surface area contributed by atoms with Crippen molar-refractivity contribution in [2.24, 2.45) is 0 Å². The molecule has 1 fully saturated rings. The van der Waals surface area contributed by atoms with E-state index in [0.29, 0.717) is 6.04 Å². The summed E-state index contributed by atoms with van der Waals surface area (Å²) in [4.78, 5) is 4.16. The van der Waals surface area contributed by atoms with Crippen LogP contribution in [-0.2, 0) is 0 Å². The van der Waals surface area contributed by atoms with E-state index in [2.05, 4.69) is 45.2 Å². The molecule has 6 heteroatoms. The average molecular weight is 390 g/mol. The van der Waals surface area contributed by atoms with Crippen LogP contribution in [0, 0.1) is 0 Å². The summed E-state index contributed by atoms with van der Waals surface area (Å²) in [7, 11) is 0. The molecule has 2 heterocycles. The van der Waals surface area contributed by atoms with Gasteiger partial charge in [0.25, 0.3) is 0 Å². The molecule has 0 amide bonds. The van der Waals surface area contributed by atoms with Crippen molar-refractivity contribution in [1.29, 1.82) is 0 Å². The van der Waals surface area contributed by atoms with Gasteiger partial charge in [0, 0.05) is 37.1 Å². The zero-order chi connectivity index (χ0) is 12.1. The van der Waals surface area contributed by atoms with E-state index in [9.17, 15) is 0 Å². The maximum absolute atomic E-state index is 3.58. The third-order valence-electron chi connectivity index (χ3n) is 3.35. The van der Waals surface area contributed by atoms with Crippen molar-refractivity contribution in [3.05, 3.63) is 20.8 Å². The molecule has 0 bridgehead atoms. The molecule has 0 radical (unpaired) electrons. The number of rotatable bonds is 5. The normalized spacial score (nSPS) is 17.4. The van der Waals surface area contributed by atoms with E-state index >= 15 is 0 Å². The molecule has 2 nitrogen and oxygen atoms in total. The molecule has 1 aromatic heterocycles. The van der Waals surface area contributed by atoms with Crippen molar-refractivity contribution in [2.75, 3.05) is 26.2 Å². The van der Waals surface area contributed by atoms with E-state index in [1.165, 1.54) is 41.0 Å². The highest BCUT2D eigenvalue weighted by Gasteiger charge is 2.22. The molecule has 112 valence electrons. The zero-order valence-corrected chi connectivity index (χ0v) is 15.3. The van der Waals surface area contributed by atoms with Crippen LogP contribution in [0.2, 0.25) is 0 Å². The summed E-state index contributed by atoms with van der Waals surface area (Å²) in [6.45, 7) is 6.91. The summed E-state index contributed by atoms with van der Waals surface area (Å²) in [5, 5.41) is 3.43. The molecule has 1 aliphatic rings. The molecule has 2 rings (SSSR count). The summed E-state index contributed by atoms with van der Waals surface area (Å²) in [5.41, 5.74) is 0. The summed E-state index contributed by atoms with van der Waals surface area (Å²) < 4.78 is 1.25. The lowest BCUT2D eigenvalue weighted by atomic mass is 10.1. The standard InChI is InChI=1S/C13H21BrN2S.2ClH/c1-2-3-4-11(12-5-6-13(14)17-12)16-9-7-15-8-10-16;;/h5-6,11,15H,2-4,7-10H2,1H3;2*1H/t11-;;/m1../s1. The minimum atomic E-state index is 0. The number of piperazine rings is 1. The fourth-order valence-electron chi connectivity index (χ4n) is 2.40. The number of halogens is 3. The summed E-state index contributed by atoms with van der Waals surface area (Å²) in [6.07, 6.45) is 3.91. The molecule has 0 aromatic carbocycles. The minimum absolute atomic E-state index is 0. The average Bonchev–Trinajstić information content (AvgIpc) is 2.78. The predicted molar refractivity (Wildman–Crippen MR) is 93.2 cm³/mol. The Bertz CT molecular complexity index is 343. The van der Waals surface area contributed by atoms with Gasteiger partial charge in [-0.1, -0.05) is 19.8 Å². The van der Waals surface area contributed by atoms with Crippen molar-refractivity contribution in [3.63, 3.8) is 0 Å². The Morgan fingerprint density at radius 2 is 2.00 bits per heavy atom. The van der Waals surface area contributed by atoms with Gasteiger partial charge < -0.3 is 5.32 Å². The Morgan fingerprint density at radius 3 is 2.53 bits per heavy atom. The van der Waals surface area contributed by atoms with Crippen LogP contribution in [0.5, 0.6) is 0 Å². The fourth-order valence-corrected chi connectivity index (χ4v) is 4.00. The smallest absolute Gasteiger partial charge is 0.0701 e. The molecule has 1 aliphatic heterocycles. The van der Waals surface area contributed by atoms with E-state index in [-0.39, 0.29) is 24.8 Å². The highest BCUT2D eigenvalue weighted by molar-refractivity contribution is 9.11. The van der Waals surface area contributed by atoms with Crippen molar-refractivity contribution in [1.82, 2.24) is 10.2 Å². The third kappa shape index (κ3) is 5.90. The van der Waals surface area contributed by atoms with Crippen LogP contribution in [0.3, 0.4) is 0 Å². The van der Waals surface area contributed by atoms with Crippen molar-refractivity contribution in [3.8, 4) is 0 Å². The molecule has 0 saturated carbocycles. The summed E-state index contributed by atoms with van der Waals surface area (Å²) >= 11 is 5.47. The maximum atomic E-state index is 3.58. The lowest BCUT2D eigenvalue weighted by Crippen LogP contribution is -2.45. The van der Waals surface area contributed by atoms with Crippen LogP contribution in [0.1, 0.15) is 37.1 Å². The van der Waals surface area contributed by atoms with Crippen molar-refractivity contribution in [2.45, 2.75) is 32.2 Å². The first-order valence-electron chi connectivity index (χ1n) is 6.51. The van der Waals surface area contributed by atoms with Crippen LogP contribution >= 0.6 is 52.1 Å². The highest BCUT2D eigenvalue weighted by Crippen LogP contribution is 2.34. The lowest BCUT2D eigenvalue weighted by molar-refractivity contribution is 0.165. The van der Waals surface area contributed by atoms with Gasteiger partial charge >= 0.3 is 0 Å². The quantitative estimate of drug-likeness (QED) is 0.797. The second-order valence-electron chi connectivity index (χ2n) is 4.59. The Labute approximate surface area is 141 Å². The molecule has 1 N–H and O–H groups in total. The van der Waals surface area contributed by atoms with Crippen LogP contribution in [0.25, 0.3) is 0 Å². The molecule has 0 aliphatic carbocycles. The van der Waals surface area contributed by atoms with Gasteiger partial charge in [-0.25, -0.2) is 0 Å². The second kappa shape index (κ2) is 10.4. The van der Waals surface area contributed by atoms with Crippen LogP contribution in [0.15, 0.2) is 15.9 Å². The number of nitrogens with one attached hydrogen (secondary N) is 1. The molecular formula is C13H23BrCl2N2S. The van der Waals surface area contributed by atoms with Crippen LogP contribution < -0.4 is 5.32 Å².